The second-order valence-corrected chi connectivity index (χ2v) is 7.14. The first kappa shape index (κ1) is 18.5. The summed E-state index contributed by atoms with van der Waals surface area (Å²) in [5.41, 5.74) is 1.80. The van der Waals surface area contributed by atoms with Crippen molar-refractivity contribution >= 4 is 11.8 Å². The number of hydrogen-bond donors (Lipinski definition) is 0. The maximum Gasteiger partial charge on any atom is 0.227 e. The Morgan fingerprint density at radius 1 is 1.00 bits per heavy atom. The predicted molar refractivity (Wildman–Crippen MR) is 98.5 cm³/mol. The lowest BCUT2D eigenvalue weighted by Gasteiger charge is -2.38. The first-order chi connectivity index (χ1) is 12.5. The van der Waals surface area contributed by atoms with Gasteiger partial charge in [-0.15, -0.1) is 0 Å². The van der Waals surface area contributed by atoms with E-state index in [4.69, 9.17) is 9.47 Å². The van der Waals surface area contributed by atoms with Crippen molar-refractivity contribution in [3.8, 4) is 11.5 Å². The lowest BCUT2D eigenvalue weighted by molar-refractivity contribution is -0.143. The van der Waals surface area contributed by atoms with Crippen LogP contribution in [0, 0.1) is 12.8 Å². The van der Waals surface area contributed by atoms with E-state index in [-0.39, 0.29) is 24.2 Å². The van der Waals surface area contributed by atoms with Crippen LogP contribution >= 0.6 is 0 Å². The smallest absolute Gasteiger partial charge is 0.227 e. The number of carbonyl (C=O) groups is 2. The molecule has 1 saturated carbocycles. The summed E-state index contributed by atoms with van der Waals surface area (Å²) in [4.78, 5) is 28.8. The Morgan fingerprint density at radius 2 is 1.62 bits per heavy atom. The molecule has 0 spiro atoms. The van der Waals surface area contributed by atoms with Crippen LogP contribution in [0.5, 0.6) is 11.5 Å². The Hall–Kier alpha value is -2.24. The quantitative estimate of drug-likeness (QED) is 0.806. The fourth-order valence-corrected chi connectivity index (χ4v) is 3.62. The van der Waals surface area contributed by atoms with Gasteiger partial charge in [-0.1, -0.05) is 6.42 Å². The molecule has 26 heavy (non-hydrogen) atoms. The van der Waals surface area contributed by atoms with Crippen LogP contribution in [0.2, 0.25) is 0 Å². The third-order valence-corrected chi connectivity index (χ3v) is 5.54. The molecule has 1 aromatic carbocycles. The first-order valence-electron chi connectivity index (χ1n) is 9.31. The van der Waals surface area contributed by atoms with Crippen LogP contribution in [0.1, 0.15) is 30.4 Å². The van der Waals surface area contributed by atoms with E-state index in [9.17, 15) is 9.59 Å². The number of carbonyl (C=O) groups excluding carboxylic acids is 2. The van der Waals surface area contributed by atoms with Crippen LogP contribution in [0.3, 0.4) is 0 Å². The fraction of sp³-hybridized carbons (Fsp3) is 0.600. The fourth-order valence-electron chi connectivity index (χ4n) is 3.62. The zero-order chi connectivity index (χ0) is 18.7. The molecule has 1 aliphatic heterocycles. The molecule has 0 bridgehead atoms. The number of amides is 2. The highest BCUT2D eigenvalue weighted by atomic mass is 16.5. The Morgan fingerprint density at radius 3 is 2.15 bits per heavy atom. The zero-order valence-electron chi connectivity index (χ0n) is 15.9. The van der Waals surface area contributed by atoms with E-state index in [2.05, 4.69) is 0 Å². The van der Waals surface area contributed by atoms with E-state index < -0.39 is 0 Å². The summed E-state index contributed by atoms with van der Waals surface area (Å²) in [5, 5.41) is 0. The average molecular weight is 360 g/mol. The minimum absolute atomic E-state index is 0.0601. The molecule has 6 heteroatoms. The van der Waals surface area contributed by atoms with Crippen molar-refractivity contribution in [1.82, 2.24) is 9.80 Å². The van der Waals surface area contributed by atoms with Gasteiger partial charge in [0.25, 0.3) is 0 Å². The summed E-state index contributed by atoms with van der Waals surface area (Å²) < 4.78 is 10.8. The molecule has 0 aromatic heterocycles. The molecule has 6 nitrogen and oxygen atoms in total. The lowest BCUT2D eigenvalue weighted by atomic mass is 9.84. The van der Waals surface area contributed by atoms with Crippen molar-refractivity contribution in [2.45, 2.75) is 32.6 Å². The molecule has 0 N–H and O–H groups in total. The Bertz CT molecular complexity index is 677. The van der Waals surface area contributed by atoms with Crippen molar-refractivity contribution in [2.24, 2.45) is 5.92 Å². The van der Waals surface area contributed by atoms with Gasteiger partial charge >= 0.3 is 0 Å². The van der Waals surface area contributed by atoms with Crippen LogP contribution < -0.4 is 9.47 Å². The summed E-state index contributed by atoms with van der Waals surface area (Å²) in [6.45, 7) is 4.42. The van der Waals surface area contributed by atoms with Gasteiger partial charge in [-0.2, -0.15) is 0 Å². The Labute approximate surface area is 155 Å². The molecule has 2 fully saturated rings. The molecule has 3 rings (SSSR count). The lowest BCUT2D eigenvalue weighted by Crippen LogP contribution is -2.52. The first-order valence-corrected chi connectivity index (χ1v) is 9.31. The highest BCUT2D eigenvalue weighted by Gasteiger charge is 2.32. The maximum atomic E-state index is 12.7. The van der Waals surface area contributed by atoms with Gasteiger partial charge in [0, 0.05) is 37.7 Å². The number of rotatable bonds is 5. The molecule has 0 atom stereocenters. The number of hydrogen-bond acceptors (Lipinski definition) is 4. The van der Waals surface area contributed by atoms with Gasteiger partial charge in [0.05, 0.1) is 20.6 Å². The minimum Gasteiger partial charge on any atom is -0.496 e. The molecule has 2 aliphatic rings. The molecule has 0 radical (unpaired) electrons. The molecule has 1 heterocycles. The third kappa shape index (κ3) is 3.79. The molecule has 0 unspecified atom stereocenters. The van der Waals surface area contributed by atoms with E-state index >= 15 is 0 Å². The van der Waals surface area contributed by atoms with E-state index in [0.717, 1.165) is 36.1 Å². The summed E-state index contributed by atoms with van der Waals surface area (Å²) in [6.07, 6.45) is 3.48. The second-order valence-electron chi connectivity index (χ2n) is 7.14. The third-order valence-electron chi connectivity index (χ3n) is 5.54. The average Bonchev–Trinajstić information content (AvgIpc) is 2.61. The number of aryl methyl sites for hydroxylation is 1. The van der Waals surface area contributed by atoms with Crippen molar-refractivity contribution in [3.63, 3.8) is 0 Å². The Kier molecular flexibility index (Phi) is 5.69. The summed E-state index contributed by atoms with van der Waals surface area (Å²) in [7, 11) is 3.23. The van der Waals surface area contributed by atoms with Gasteiger partial charge < -0.3 is 19.3 Å². The second kappa shape index (κ2) is 7.98. The molecular formula is C20H28N2O4. The highest BCUT2D eigenvalue weighted by molar-refractivity contribution is 5.82. The van der Waals surface area contributed by atoms with Gasteiger partial charge in [-0.3, -0.25) is 9.59 Å². The molecule has 142 valence electrons. The molecular weight excluding hydrogens is 332 g/mol. The van der Waals surface area contributed by atoms with Crippen LogP contribution in [-0.4, -0.2) is 62.0 Å². The number of methoxy groups -OCH3 is 2. The standard InChI is InChI=1S/C20H28N2O4/c1-14-11-18(26-3)16(12-17(14)25-2)13-19(23)21-7-9-22(10-8-21)20(24)15-5-4-6-15/h11-12,15H,4-10,13H2,1-3H3. The number of piperazine rings is 1. The number of benzene rings is 1. The SMILES string of the molecule is COc1cc(CC(=O)N2CCN(C(=O)C3CCC3)CC2)c(OC)cc1C. The van der Waals surface area contributed by atoms with Crippen molar-refractivity contribution < 1.29 is 19.1 Å². The molecule has 1 aromatic rings. The maximum absolute atomic E-state index is 12.7. The minimum atomic E-state index is 0.0601. The molecule has 1 saturated heterocycles. The molecule has 1 aliphatic carbocycles. The summed E-state index contributed by atoms with van der Waals surface area (Å²) in [5.74, 6) is 2.01. The van der Waals surface area contributed by atoms with Crippen molar-refractivity contribution in [2.75, 3.05) is 40.4 Å². The van der Waals surface area contributed by atoms with Gasteiger partial charge in [0.1, 0.15) is 11.5 Å². The van der Waals surface area contributed by atoms with Gasteiger partial charge in [0.15, 0.2) is 0 Å². The molecule has 2 amide bonds. The van der Waals surface area contributed by atoms with Crippen LogP contribution in [0.4, 0.5) is 0 Å². The van der Waals surface area contributed by atoms with Crippen LogP contribution in [0.25, 0.3) is 0 Å². The van der Waals surface area contributed by atoms with E-state index in [1.165, 1.54) is 0 Å². The van der Waals surface area contributed by atoms with E-state index in [1.54, 1.807) is 14.2 Å². The van der Waals surface area contributed by atoms with E-state index in [1.807, 2.05) is 28.9 Å². The van der Waals surface area contributed by atoms with Crippen LogP contribution in [-0.2, 0) is 16.0 Å². The highest BCUT2D eigenvalue weighted by Crippen LogP contribution is 2.30. The van der Waals surface area contributed by atoms with Gasteiger partial charge in [0.2, 0.25) is 11.8 Å². The summed E-state index contributed by atoms with van der Waals surface area (Å²) in [6, 6.07) is 3.78. The largest absolute Gasteiger partial charge is 0.496 e. The Balaban J connectivity index is 1.60. The van der Waals surface area contributed by atoms with Crippen molar-refractivity contribution in [3.05, 3.63) is 23.3 Å². The van der Waals surface area contributed by atoms with Gasteiger partial charge in [-0.05, 0) is 37.5 Å². The zero-order valence-corrected chi connectivity index (χ0v) is 15.9. The monoisotopic (exact) mass is 360 g/mol. The normalized spacial score (nSPS) is 17.7. The van der Waals surface area contributed by atoms with Gasteiger partial charge in [-0.25, -0.2) is 0 Å². The number of nitrogens with zero attached hydrogens (tertiary/aromatic N) is 2. The summed E-state index contributed by atoms with van der Waals surface area (Å²) >= 11 is 0. The topological polar surface area (TPSA) is 59.1 Å². The van der Waals surface area contributed by atoms with Crippen molar-refractivity contribution in [1.29, 1.82) is 0 Å². The predicted octanol–water partition coefficient (Wildman–Crippen LogP) is 2.03. The van der Waals surface area contributed by atoms with E-state index in [0.29, 0.717) is 31.9 Å². The number of ether oxygens (including phenoxy) is 2. The van der Waals surface area contributed by atoms with Crippen LogP contribution in [0.15, 0.2) is 12.1 Å².